The first kappa shape index (κ1) is 15.7. The Morgan fingerprint density at radius 3 is 2.92 bits per heavy atom. The number of para-hydroxylation sites is 2. The molecular weight excluding hydrogens is 318 g/mol. The Hall–Kier alpha value is -2.76. The molecule has 0 radical (unpaired) electrons. The van der Waals surface area contributed by atoms with Gasteiger partial charge in [0.2, 0.25) is 5.91 Å². The maximum absolute atomic E-state index is 13.0. The van der Waals surface area contributed by atoms with Crippen molar-refractivity contribution in [1.82, 2.24) is 9.88 Å². The van der Waals surface area contributed by atoms with Crippen LogP contribution in [0, 0.1) is 0 Å². The number of nitrogens with one attached hydrogen (secondary N) is 1. The number of benzene rings is 1. The highest BCUT2D eigenvalue weighted by Gasteiger charge is 2.36. The highest BCUT2D eigenvalue weighted by atomic mass is 16.5. The van der Waals surface area contributed by atoms with Gasteiger partial charge in [-0.1, -0.05) is 12.1 Å². The maximum atomic E-state index is 13.0. The molecule has 2 aliphatic heterocycles. The number of rotatable bonds is 3. The van der Waals surface area contributed by atoms with Crippen LogP contribution in [-0.4, -0.2) is 40.9 Å². The molecule has 4 rings (SSSR count). The van der Waals surface area contributed by atoms with Crippen molar-refractivity contribution >= 4 is 17.5 Å². The molecule has 0 spiro atoms. The van der Waals surface area contributed by atoms with Crippen molar-refractivity contribution in [3.8, 4) is 5.75 Å². The Balaban J connectivity index is 1.57. The summed E-state index contributed by atoms with van der Waals surface area (Å²) in [7, 11) is 0. The van der Waals surface area contributed by atoms with Gasteiger partial charge in [-0.15, -0.1) is 0 Å². The molecule has 1 fully saturated rings. The van der Waals surface area contributed by atoms with Crippen LogP contribution in [0.15, 0.2) is 42.6 Å². The average molecular weight is 339 g/mol. The summed E-state index contributed by atoms with van der Waals surface area (Å²) in [6, 6.07) is 11.4. The predicted molar refractivity (Wildman–Crippen MR) is 93.4 cm³/mol. The third kappa shape index (κ3) is 2.77. The summed E-state index contributed by atoms with van der Waals surface area (Å²) in [6.07, 6.45) is 3.20. The van der Waals surface area contributed by atoms with Crippen LogP contribution in [0.25, 0.3) is 0 Å². The number of nitrogens with zero attached hydrogens (tertiary/aromatic N) is 2. The fraction of sp³-hybridized carbons (Fsp3) is 0.368. The first-order valence-corrected chi connectivity index (χ1v) is 8.65. The molecule has 0 unspecified atom stereocenters. The number of ether oxygens (including phenoxy) is 1. The molecule has 6 nitrogen and oxygen atoms in total. The molecule has 6 heteroatoms. The Labute approximate surface area is 146 Å². The van der Waals surface area contributed by atoms with E-state index in [1.165, 1.54) is 0 Å². The Morgan fingerprint density at radius 1 is 1.28 bits per heavy atom. The molecule has 2 amide bonds. The zero-order chi connectivity index (χ0) is 17.4. The second-order valence-electron chi connectivity index (χ2n) is 6.52. The Kier molecular flexibility index (Phi) is 3.95. The monoisotopic (exact) mass is 339 g/mol. The molecule has 0 aliphatic carbocycles. The minimum Gasteiger partial charge on any atom is -0.479 e. The number of H-pyrrole nitrogens is 1. The summed E-state index contributed by atoms with van der Waals surface area (Å²) in [5.74, 6) is 0.432. The molecule has 3 heterocycles. The van der Waals surface area contributed by atoms with Gasteiger partial charge in [0, 0.05) is 18.4 Å². The number of aromatic amines is 1. The van der Waals surface area contributed by atoms with Crippen LogP contribution >= 0.6 is 0 Å². The molecule has 0 bridgehead atoms. The number of likely N-dealkylation sites (tertiary alicyclic amines) is 1. The first-order valence-electron chi connectivity index (χ1n) is 8.65. The normalized spacial score (nSPS) is 22.7. The number of hydrogen-bond acceptors (Lipinski definition) is 3. The van der Waals surface area contributed by atoms with Crippen LogP contribution in [0.1, 0.15) is 31.5 Å². The molecule has 130 valence electrons. The van der Waals surface area contributed by atoms with Crippen LogP contribution in [0.5, 0.6) is 5.75 Å². The van der Waals surface area contributed by atoms with Gasteiger partial charge in [0.05, 0.1) is 11.7 Å². The van der Waals surface area contributed by atoms with Crippen molar-refractivity contribution in [2.45, 2.75) is 31.9 Å². The van der Waals surface area contributed by atoms with Crippen molar-refractivity contribution in [3.63, 3.8) is 0 Å². The second kappa shape index (κ2) is 6.27. The zero-order valence-corrected chi connectivity index (χ0v) is 14.1. The molecule has 1 N–H and O–H groups in total. The van der Waals surface area contributed by atoms with Gasteiger partial charge in [-0.3, -0.25) is 14.5 Å². The molecule has 1 aromatic heterocycles. The lowest BCUT2D eigenvalue weighted by atomic mass is 10.1. The Bertz CT molecular complexity index is 787. The van der Waals surface area contributed by atoms with E-state index in [1.807, 2.05) is 47.5 Å². The summed E-state index contributed by atoms with van der Waals surface area (Å²) in [6.45, 7) is 2.48. The molecular formula is C19H21N3O3. The lowest BCUT2D eigenvalue weighted by molar-refractivity contribution is -0.133. The summed E-state index contributed by atoms with van der Waals surface area (Å²) < 4.78 is 5.64. The Morgan fingerprint density at radius 2 is 2.12 bits per heavy atom. The number of hydrogen-bond donors (Lipinski definition) is 1. The topological polar surface area (TPSA) is 65.6 Å². The zero-order valence-electron chi connectivity index (χ0n) is 14.1. The van der Waals surface area contributed by atoms with Gasteiger partial charge in [0.15, 0.2) is 6.10 Å². The van der Waals surface area contributed by atoms with Gasteiger partial charge in [-0.05, 0) is 44.0 Å². The highest BCUT2D eigenvalue weighted by Crippen LogP contribution is 2.35. The standard InChI is InChI=1S/C19H21N3O3/c1-13-19(24)22(16-7-2-3-9-17(16)25-13)12-18(23)21-11-5-8-15(21)14-6-4-10-20-14/h2-4,6-7,9-10,13,15,20H,5,8,11-12H2,1H3/t13-,15-/m1/s1. The van der Waals surface area contributed by atoms with Crippen molar-refractivity contribution in [2.24, 2.45) is 0 Å². The molecule has 1 saturated heterocycles. The average Bonchev–Trinajstić information content (AvgIpc) is 3.29. The van der Waals surface area contributed by atoms with Crippen molar-refractivity contribution in [3.05, 3.63) is 48.3 Å². The van der Waals surface area contributed by atoms with Gasteiger partial charge in [0.25, 0.3) is 5.91 Å². The smallest absolute Gasteiger partial charge is 0.268 e. The number of fused-ring (bicyclic) bond motifs is 1. The first-order chi connectivity index (χ1) is 12.1. The third-order valence-corrected chi connectivity index (χ3v) is 4.92. The number of anilines is 1. The predicted octanol–water partition coefficient (Wildman–Crippen LogP) is 2.49. The van der Waals surface area contributed by atoms with E-state index in [0.717, 1.165) is 25.1 Å². The van der Waals surface area contributed by atoms with Crippen LogP contribution in [0.3, 0.4) is 0 Å². The van der Waals surface area contributed by atoms with E-state index in [4.69, 9.17) is 4.74 Å². The van der Waals surface area contributed by atoms with Crippen molar-refractivity contribution < 1.29 is 14.3 Å². The van der Waals surface area contributed by atoms with Crippen LogP contribution in [0.2, 0.25) is 0 Å². The molecule has 2 aliphatic rings. The number of carbonyl (C=O) groups is 2. The van der Waals surface area contributed by atoms with Crippen LogP contribution in [-0.2, 0) is 9.59 Å². The minimum atomic E-state index is -0.583. The molecule has 2 atom stereocenters. The molecule has 0 saturated carbocycles. The molecule has 25 heavy (non-hydrogen) atoms. The van der Waals surface area contributed by atoms with Gasteiger partial charge < -0.3 is 14.6 Å². The van der Waals surface area contributed by atoms with Crippen LogP contribution < -0.4 is 9.64 Å². The minimum absolute atomic E-state index is 0.0330. The second-order valence-corrected chi connectivity index (χ2v) is 6.52. The fourth-order valence-corrected chi connectivity index (χ4v) is 3.69. The lowest BCUT2D eigenvalue weighted by Gasteiger charge is -2.34. The fourth-order valence-electron chi connectivity index (χ4n) is 3.69. The third-order valence-electron chi connectivity index (χ3n) is 4.92. The van der Waals surface area contributed by atoms with E-state index in [0.29, 0.717) is 11.4 Å². The van der Waals surface area contributed by atoms with E-state index in [2.05, 4.69) is 4.98 Å². The molecule has 1 aromatic carbocycles. The number of amides is 2. The number of aromatic nitrogens is 1. The summed E-state index contributed by atoms with van der Waals surface area (Å²) in [5.41, 5.74) is 1.71. The van der Waals surface area contributed by atoms with Crippen LogP contribution in [0.4, 0.5) is 5.69 Å². The van der Waals surface area contributed by atoms with Gasteiger partial charge in [-0.2, -0.15) is 0 Å². The van der Waals surface area contributed by atoms with E-state index in [1.54, 1.807) is 11.8 Å². The summed E-state index contributed by atoms with van der Waals surface area (Å²) in [5, 5.41) is 0. The van der Waals surface area contributed by atoms with E-state index in [-0.39, 0.29) is 24.4 Å². The van der Waals surface area contributed by atoms with Gasteiger partial charge >= 0.3 is 0 Å². The summed E-state index contributed by atoms with van der Waals surface area (Å²) >= 11 is 0. The van der Waals surface area contributed by atoms with Crippen molar-refractivity contribution in [2.75, 3.05) is 18.0 Å². The van der Waals surface area contributed by atoms with E-state index in [9.17, 15) is 9.59 Å². The molecule has 2 aromatic rings. The lowest BCUT2D eigenvalue weighted by Crippen LogP contribution is -2.49. The van der Waals surface area contributed by atoms with E-state index >= 15 is 0 Å². The summed E-state index contributed by atoms with van der Waals surface area (Å²) in [4.78, 5) is 32.2. The SMILES string of the molecule is C[C@H]1Oc2ccccc2N(CC(=O)N2CCC[C@@H]2c2ccc[nH]2)C1=O. The quantitative estimate of drug-likeness (QED) is 0.934. The van der Waals surface area contributed by atoms with Gasteiger partial charge in [0.1, 0.15) is 12.3 Å². The maximum Gasteiger partial charge on any atom is 0.268 e. The van der Waals surface area contributed by atoms with E-state index < -0.39 is 6.10 Å². The van der Waals surface area contributed by atoms with Gasteiger partial charge in [-0.25, -0.2) is 0 Å². The number of carbonyl (C=O) groups excluding carboxylic acids is 2. The largest absolute Gasteiger partial charge is 0.479 e. The highest BCUT2D eigenvalue weighted by molar-refractivity contribution is 6.03. The van der Waals surface area contributed by atoms with Crippen molar-refractivity contribution in [1.29, 1.82) is 0 Å².